The van der Waals surface area contributed by atoms with Gasteiger partial charge >= 0.3 is 0 Å². The Morgan fingerprint density at radius 2 is 2.08 bits per heavy atom. The Labute approximate surface area is 138 Å². The van der Waals surface area contributed by atoms with Gasteiger partial charge in [-0.05, 0) is 43.3 Å². The van der Waals surface area contributed by atoms with Crippen molar-refractivity contribution in [2.75, 3.05) is 7.11 Å². The third kappa shape index (κ3) is 2.06. The third-order valence-corrected chi connectivity index (χ3v) is 4.19. The van der Waals surface area contributed by atoms with Crippen LogP contribution in [0.1, 0.15) is 21.6 Å². The molecule has 1 aromatic heterocycles. The Balaban J connectivity index is 1.85. The number of aromatic nitrogens is 1. The highest BCUT2D eigenvalue weighted by Gasteiger charge is 2.30. The van der Waals surface area contributed by atoms with Gasteiger partial charge in [-0.15, -0.1) is 0 Å². The normalized spacial score (nSPS) is 14.9. The van der Waals surface area contributed by atoms with Crippen molar-refractivity contribution in [3.63, 3.8) is 0 Å². The van der Waals surface area contributed by atoms with E-state index in [1.54, 1.807) is 25.3 Å². The molecule has 24 heavy (non-hydrogen) atoms. The van der Waals surface area contributed by atoms with Crippen molar-refractivity contribution in [2.24, 2.45) is 0 Å². The minimum atomic E-state index is -0.320. The van der Waals surface area contributed by atoms with Crippen molar-refractivity contribution in [1.29, 1.82) is 0 Å². The number of nitrogens with one attached hydrogen (secondary N) is 1. The molecule has 0 amide bonds. The lowest BCUT2D eigenvalue weighted by atomic mass is 10.1. The number of aromatic hydroxyl groups is 1. The van der Waals surface area contributed by atoms with Crippen LogP contribution in [-0.4, -0.2) is 23.0 Å². The van der Waals surface area contributed by atoms with E-state index in [1.807, 2.05) is 25.1 Å². The Morgan fingerprint density at radius 3 is 2.83 bits per heavy atom. The van der Waals surface area contributed by atoms with E-state index in [1.165, 1.54) is 6.07 Å². The van der Waals surface area contributed by atoms with Crippen LogP contribution in [0.4, 0.5) is 0 Å². The summed E-state index contributed by atoms with van der Waals surface area (Å²) < 4.78 is 10.9. The molecule has 0 aliphatic carbocycles. The van der Waals surface area contributed by atoms with E-state index >= 15 is 0 Å². The molecule has 5 nitrogen and oxygen atoms in total. The molecule has 0 saturated carbocycles. The molecule has 120 valence electrons. The van der Waals surface area contributed by atoms with Crippen LogP contribution in [0.3, 0.4) is 0 Å². The molecule has 0 saturated heterocycles. The molecule has 0 radical (unpaired) electrons. The summed E-state index contributed by atoms with van der Waals surface area (Å²) in [6.07, 6.45) is 1.70. The fourth-order valence-electron chi connectivity index (χ4n) is 2.99. The van der Waals surface area contributed by atoms with E-state index < -0.39 is 0 Å². The molecule has 1 aliphatic rings. The average molecular weight is 321 g/mol. The van der Waals surface area contributed by atoms with E-state index in [0.717, 1.165) is 27.9 Å². The van der Waals surface area contributed by atoms with E-state index in [9.17, 15) is 9.90 Å². The minimum absolute atomic E-state index is 0.0711. The minimum Gasteiger partial charge on any atom is -0.507 e. The second-order valence-electron chi connectivity index (χ2n) is 5.67. The first-order chi connectivity index (χ1) is 11.6. The summed E-state index contributed by atoms with van der Waals surface area (Å²) in [5, 5.41) is 10.8. The number of fused-ring (bicyclic) bond motifs is 2. The Hall–Kier alpha value is -3.21. The van der Waals surface area contributed by atoms with Crippen LogP contribution in [0.2, 0.25) is 0 Å². The molecule has 0 atom stereocenters. The number of phenols is 1. The van der Waals surface area contributed by atoms with Crippen molar-refractivity contribution in [2.45, 2.75) is 6.92 Å². The molecular formula is C19H15NO4. The van der Waals surface area contributed by atoms with Gasteiger partial charge in [0.25, 0.3) is 0 Å². The third-order valence-electron chi connectivity index (χ3n) is 4.19. The first-order valence-electron chi connectivity index (χ1n) is 7.51. The Kier molecular flexibility index (Phi) is 3.09. The molecule has 2 aromatic carbocycles. The number of aryl methyl sites for hydroxylation is 1. The van der Waals surface area contributed by atoms with Gasteiger partial charge in [0, 0.05) is 22.2 Å². The predicted octanol–water partition coefficient (Wildman–Crippen LogP) is 3.81. The van der Waals surface area contributed by atoms with Crippen LogP contribution in [0.15, 0.2) is 42.2 Å². The van der Waals surface area contributed by atoms with Crippen LogP contribution in [0.5, 0.6) is 17.2 Å². The van der Waals surface area contributed by atoms with Gasteiger partial charge in [-0.2, -0.15) is 0 Å². The number of hydrogen-bond acceptors (Lipinski definition) is 4. The van der Waals surface area contributed by atoms with Gasteiger partial charge in [-0.25, -0.2) is 0 Å². The zero-order valence-corrected chi connectivity index (χ0v) is 13.2. The monoisotopic (exact) mass is 321 g/mol. The molecule has 0 unspecified atom stereocenters. The SMILES string of the molecule is COc1ccc2[nH]c(C)c(/C=C3/Oc4cccc(O)c4C3=O)c2c1. The maximum absolute atomic E-state index is 12.5. The van der Waals surface area contributed by atoms with Crippen molar-refractivity contribution in [3.8, 4) is 17.2 Å². The predicted molar refractivity (Wildman–Crippen MR) is 90.6 cm³/mol. The zero-order chi connectivity index (χ0) is 16.8. The number of carbonyl (C=O) groups excluding carboxylic acids is 1. The van der Waals surface area contributed by atoms with Gasteiger partial charge in [0.15, 0.2) is 5.76 Å². The fourth-order valence-corrected chi connectivity index (χ4v) is 2.99. The van der Waals surface area contributed by atoms with Gasteiger partial charge in [0.2, 0.25) is 5.78 Å². The molecule has 1 aliphatic heterocycles. The van der Waals surface area contributed by atoms with Crippen LogP contribution >= 0.6 is 0 Å². The lowest BCUT2D eigenvalue weighted by Crippen LogP contribution is -1.98. The van der Waals surface area contributed by atoms with Crippen molar-refractivity contribution >= 4 is 22.8 Å². The van der Waals surface area contributed by atoms with Crippen LogP contribution in [0, 0.1) is 6.92 Å². The van der Waals surface area contributed by atoms with E-state index in [0.29, 0.717) is 5.75 Å². The first-order valence-corrected chi connectivity index (χ1v) is 7.51. The molecule has 3 aromatic rings. The number of methoxy groups -OCH3 is 1. The van der Waals surface area contributed by atoms with Crippen molar-refractivity contribution < 1.29 is 19.4 Å². The van der Waals surface area contributed by atoms with Gasteiger partial charge in [0.05, 0.1) is 7.11 Å². The molecule has 0 bridgehead atoms. The number of benzene rings is 2. The number of ketones is 1. The summed E-state index contributed by atoms with van der Waals surface area (Å²) >= 11 is 0. The number of Topliss-reactive ketones (excluding diaryl/α,β-unsaturated/α-hetero) is 1. The van der Waals surface area contributed by atoms with Crippen molar-refractivity contribution in [1.82, 2.24) is 4.98 Å². The zero-order valence-electron chi connectivity index (χ0n) is 13.2. The molecule has 2 heterocycles. The Morgan fingerprint density at radius 1 is 1.25 bits per heavy atom. The van der Waals surface area contributed by atoms with Crippen LogP contribution in [-0.2, 0) is 0 Å². The van der Waals surface area contributed by atoms with Gasteiger partial charge in [0.1, 0.15) is 22.8 Å². The largest absolute Gasteiger partial charge is 0.507 e. The molecule has 2 N–H and O–H groups in total. The molecular weight excluding hydrogens is 306 g/mol. The number of rotatable bonds is 2. The molecule has 5 heteroatoms. The summed E-state index contributed by atoms with van der Waals surface area (Å²) in [5.41, 5.74) is 2.94. The van der Waals surface area contributed by atoms with Gasteiger partial charge < -0.3 is 19.6 Å². The van der Waals surface area contributed by atoms with E-state index in [2.05, 4.69) is 4.98 Å². The average Bonchev–Trinajstić information content (AvgIpc) is 3.06. The maximum atomic E-state index is 12.5. The molecule has 0 fully saturated rings. The molecule has 0 spiro atoms. The smallest absolute Gasteiger partial charge is 0.235 e. The summed E-state index contributed by atoms with van der Waals surface area (Å²) in [6, 6.07) is 10.5. The lowest BCUT2D eigenvalue weighted by Gasteiger charge is -2.01. The highest BCUT2D eigenvalue weighted by atomic mass is 16.5. The number of hydrogen-bond donors (Lipinski definition) is 2. The summed E-state index contributed by atoms with van der Waals surface area (Å²) in [5.74, 6) is 0.915. The van der Waals surface area contributed by atoms with Crippen molar-refractivity contribution in [3.05, 3.63) is 59.0 Å². The number of carbonyl (C=O) groups is 1. The summed E-state index contributed by atoms with van der Waals surface area (Å²) in [7, 11) is 1.61. The van der Waals surface area contributed by atoms with Crippen LogP contribution < -0.4 is 9.47 Å². The van der Waals surface area contributed by atoms with Gasteiger partial charge in [-0.3, -0.25) is 4.79 Å². The van der Waals surface area contributed by atoms with Crippen LogP contribution in [0.25, 0.3) is 17.0 Å². The second-order valence-corrected chi connectivity index (χ2v) is 5.67. The highest BCUT2D eigenvalue weighted by Crippen LogP contribution is 2.38. The van der Waals surface area contributed by atoms with Gasteiger partial charge in [-0.1, -0.05) is 6.07 Å². The summed E-state index contributed by atoms with van der Waals surface area (Å²) in [6.45, 7) is 1.93. The number of aromatic amines is 1. The molecule has 4 rings (SSSR count). The number of H-pyrrole nitrogens is 1. The number of allylic oxidation sites excluding steroid dienone is 1. The number of phenolic OH excluding ortho intramolecular Hbond substituents is 1. The first kappa shape index (κ1) is 14.4. The van der Waals surface area contributed by atoms with E-state index in [4.69, 9.17) is 9.47 Å². The lowest BCUT2D eigenvalue weighted by molar-refractivity contribution is 0.101. The quantitative estimate of drug-likeness (QED) is 0.704. The summed E-state index contributed by atoms with van der Waals surface area (Å²) in [4.78, 5) is 15.8. The highest BCUT2D eigenvalue weighted by molar-refractivity contribution is 6.16. The number of ether oxygens (including phenoxy) is 2. The fraction of sp³-hybridized carbons (Fsp3) is 0.105. The Bertz CT molecular complexity index is 1010. The second kappa shape index (κ2) is 5.16. The maximum Gasteiger partial charge on any atom is 0.235 e. The standard InChI is InChI=1S/C19H15NO4/c1-10-12(13-8-11(23-2)6-7-14(13)20-10)9-17-19(22)18-15(21)4-3-5-16(18)24-17/h3-9,20-21H,1-2H3/b17-9+. The van der Waals surface area contributed by atoms with E-state index in [-0.39, 0.29) is 22.9 Å². The topological polar surface area (TPSA) is 71.6 Å².